The number of benzene rings is 3. The molecule has 0 N–H and O–H groups in total. The highest BCUT2D eigenvalue weighted by Crippen LogP contribution is 2.32. The Labute approximate surface area is 187 Å². The van der Waals surface area contributed by atoms with Crippen molar-refractivity contribution in [3.8, 4) is 0 Å². The number of aromatic nitrogens is 2. The molecule has 164 valence electrons. The molecule has 3 aromatic carbocycles. The lowest BCUT2D eigenvalue weighted by Gasteiger charge is -2.12. The molecular weight excluding hydrogens is 457 g/mol. The highest BCUT2D eigenvalue weighted by Gasteiger charge is 2.32. The molecule has 4 nitrogen and oxygen atoms in total. The van der Waals surface area contributed by atoms with E-state index in [9.17, 15) is 21.6 Å². The molecule has 1 heterocycles. The molecule has 1 aromatic heterocycles. The first-order valence-electron chi connectivity index (χ1n) is 9.42. The predicted molar refractivity (Wildman–Crippen MR) is 121 cm³/mol. The van der Waals surface area contributed by atoms with E-state index < -0.39 is 26.7 Å². The molecule has 4 rings (SSSR count). The molecule has 0 saturated carbocycles. The van der Waals surface area contributed by atoms with Crippen LogP contribution in [-0.2, 0) is 16.2 Å². The number of alkyl halides is 3. The molecule has 0 aliphatic carbocycles. The fraction of sp³-hybridized carbons (Fsp3) is 0.0870. The number of rotatable bonds is 5. The Hall–Kier alpha value is -3.04. The molecule has 32 heavy (non-hydrogen) atoms. The van der Waals surface area contributed by atoms with Gasteiger partial charge >= 0.3 is 6.18 Å². The van der Waals surface area contributed by atoms with Crippen molar-refractivity contribution in [2.45, 2.75) is 16.0 Å². The van der Waals surface area contributed by atoms with Crippen molar-refractivity contribution < 1.29 is 21.6 Å². The second kappa shape index (κ2) is 8.48. The highest BCUT2D eigenvalue weighted by molar-refractivity contribution is 7.98. The summed E-state index contributed by atoms with van der Waals surface area (Å²) in [5, 5.41) is 0. The van der Waals surface area contributed by atoms with Crippen LogP contribution in [0.1, 0.15) is 17.0 Å². The van der Waals surface area contributed by atoms with Crippen LogP contribution in [0, 0.1) is 0 Å². The van der Waals surface area contributed by atoms with Gasteiger partial charge in [0.05, 0.1) is 21.5 Å². The average Bonchev–Trinajstić information content (AvgIpc) is 3.17. The van der Waals surface area contributed by atoms with Gasteiger partial charge in [-0.2, -0.15) is 13.2 Å². The van der Waals surface area contributed by atoms with Crippen LogP contribution in [0.15, 0.2) is 82.6 Å². The molecule has 9 heteroatoms. The zero-order chi connectivity index (χ0) is 22.9. The fourth-order valence-electron chi connectivity index (χ4n) is 3.20. The smallest absolute Gasteiger partial charge is 0.228 e. The van der Waals surface area contributed by atoms with Crippen LogP contribution in [0.3, 0.4) is 0 Å². The van der Waals surface area contributed by atoms with Crippen LogP contribution in [0.25, 0.3) is 23.2 Å². The number of imidazole rings is 1. The third kappa shape index (κ3) is 4.31. The van der Waals surface area contributed by atoms with E-state index in [-0.39, 0.29) is 11.3 Å². The van der Waals surface area contributed by atoms with Gasteiger partial charge in [0.15, 0.2) is 0 Å². The second-order valence-corrected chi connectivity index (χ2v) is 9.53. The molecule has 0 saturated heterocycles. The largest absolute Gasteiger partial charge is 0.416 e. The lowest BCUT2D eigenvalue weighted by molar-refractivity contribution is -0.137. The van der Waals surface area contributed by atoms with Crippen molar-refractivity contribution in [1.82, 2.24) is 8.96 Å². The van der Waals surface area contributed by atoms with E-state index in [4.69, 9.17) is 0 Å². The average molecular weight is 475 g/mol. The molecule has 0 amide bonds. The standard InChI is InChI=1S/C23H17F3N2O2S2/c1-31-18-12-9-16(10-13-18)11-14-22-27-20-7-2-3-8-21(20)28(22)32(29,30)19-6-4-5-17(15-19)23(24,25)26/h2-15H,1H3. The van der Waals surface area contributed by atoms with Gasteiger partial charge in [0, 0.05) is 4.90 Å². The molecule has 0 aliphatic heterocycles. The molecule has 0 radical (unpaired) electrons. The van der Waals surface area contributed by atoms with E-state index in [2.05, 4.69) is 4.98 Å². The number of hydrogen-bond acceptors (Lipinski definition) is 4. The minimum absolute atomic E-state index is 0.0950. The van der Waals surface area contributed by atoms with Gasteiger partial charge in [0.25, 0.3) is 10.0 Å². The Morgan fingerprint density at radius 3 is 2.34 bits per heavy atom. The lowest BCUT2D eigenvalue weighted by atomic mass is 10.2. The van der Waals surface area contributed by atoms with Crippen LogP contribution in [-0.4, -0.2) is 23.6 Å². The van der Waals surface area contributed by atoms with Crippen LogP contribution >= 0.6 is 11.8 Å². The van der Waals surface area contributed by atoms with Crippen molar-refractivity contribution in [1.29, 1.82) is 0 Å². The summed E-state index contributed by atoms with van der Waals surface area (Å²) in [6.07, 6.45) is 0.558. The zero-order valence-electron chi connectivity index (χ0n) is 16.7. The number of para-hydroxylation sites is 2. The van der Waals surface area contributed by atoms with Crippen molar-refractivity contribution >= 4 is 45.0 Å². The Balaban J connectivity index is 1.85. The normalized spacial score (nSPS) is 12.6. The highest BCUT2D eigenvalue weighted by atomic mass is 32.2. The van der Waals surface area contributed by atoms with Gasteiger partial charge in [-0.15, -0.1) is 11.8 Å². The number of fused-ring (bicyclic) bond motifs is 1. The van der Waals surface area contributed by atoms with E-state index in [0.29, 0.717) is 11.6 Å². The summed E-state index contributed by atoms with van der Waals surface area (Å²) in [7, 11) is -4.35. The van der Waals surface area contributed by atoms with Crippen molar-refractivity contribution in [2.24, 2.45) is 0 Å². The summed E-state index contributed by atoms with van der Waals surface area (Å²) >= 11 is 1.60. The van der Waals surface area contributed by atoms with Crippen molar-refractivity contribution in [3.63, 3.8) is 0 Å². The minimum atomic E-state index is -4.66. The van der Waals surface area contributed by atoms with Gasteiger partial charge in [-0.3, -0.25) is 0 Å². The Morgan fingerprint density at radius 2 is 1.66 bits per heavy atom. The summed E-state index contributed by atoms with van der Waals surface area (Å²) in [5.41, 5.74) is 0.495. The molecular formula is C23H17F3N2O2S2. The van der Waals surface area contributed by atoms with Crippen LogP contribution < -0.4 is 0 Å². The topological polar surface area (TPSA) is 52.0 Å². The Kier molecular flexibility index (Phi) is 5.87. The van der Waals surface area contributed by atoms with Gasteiger partial charge in [0.2, 0.25) is 0 Å². The maximum atomic E-state index is 13.4. The van der Waals surface area contributed by atoms with Crippen molar-refractivity contribution in [2.75, 3.05) is 6.26 Å². The van der Waals surface area contributed by atoms with Gasteiger partial charge in [-0.05, 0) is 60.4 Å². The number of hydrogen-bond donors (Lipinski definition) is 0. The lowest BCUT2D eigenvalue weighted by Crippen LogP contribution is -2.16. The molecule has 0 atom stereocenters. The SMILES string of the molecule is CSc1ccc(C=Cc2nc3ccccc3n2S(=O)(=O)c2cccc(C(F)(F)F)c2)cc1. The van der Waals surface area contributed by atoms with Gasteiger partial charge in [-0.1, -0.05) is 36.4 Å². The van der Waals surface area contributed by atoms with Crippen LogP contribution in [0.4, 0.5) is 13.2 Å². The first kappa shape index (κ1) is 22.2. The van der Waals surface area contributed by atoms with Crippen molar-refractivity contribution in [3.05, 3.63) is 89.7 Å². The molecule has 0 bridgehead atoms. The van der Waals surface area contributed by atoms with E-state index in [0.717, 1.165) is 32.6 Å². The maximum absolute atomic E-state index is 13.4. The predicted octanol–water partition coefficient (Wildman–Crippen LogP) is 6.18. The fourth-order valence-corrected chi connectivity index (χ4v) is 5.11. The molecule has 4 aromatic rings. The van der Waals surface area contributed by atoms with Crippen LogP contribution in [0.5, 0.6) is 0 Å². The minimum Gasteiger partial charge on any atom is -0.228 e. The number of nitrogens with zero attached hydrogens (tertiary/aromatic N) is 2. The Morgan fingerprint density at radius 1 is 0.938 bits per heavy atom. The molecule has 0 aliphatic rings. The summed E-state index contributed by atoms with van der Waals surface area (Å²) in [6.45, 7) is 0. The zero-order valence-corrected chi connectivity index (χ0v) is 18.4. The summed E-state index contributed by atoms with van der Waals surface area (Å²) in [4.78, 5) is 5.02. The van der Waals surface area contributed by atoms with E-state index >= 15 is 0 Å². The summed E-state index contributed by atoms with van der Waals surface area (Å²) in [6, 6.07) is 17.9. The van der Waals surface area contributed by atoms with E-state index in [1.807, 2.05) is 30.5 Å². The summed E-state index contributed by atoms with van der Waals surface area (Å²) < 4.78 is 67.3. The Bertz CT molecular complexity index is 1410. The van der Waals surface area contributed by atoms with Crippen LogP contribution in [0.2, 0.25) is 0 Å². The van der Waals surface area contributed by atoms with E-state index in [1.165, 1.54) is 0 Å². The molecule has 0 spiro atoms. The number of thioether (sulfide) groups is 1. The van der Waals surface area contributed by atoms with Gasteiger partial charge in [0.1, 0.15) is 5.82 Å². The summed E-state index contributed by atoms with van der Waals surface area (Å²) in [5.74, 6) is 0.0950. The third-order valence-corrected chi connectivity index (χ3v) is 7.24. The quantitative estimate of drug-likeness (QED) is 0.324. The first-order chi connectivity index (χ1) is 15.2. The molecule has 0 fully saturated rings. The first-order valence-corrected chi connectivity index (χ1v) is 12.1. The van der Waals surface area contributed by atoms with Gasteiger partial charge in [-0.25, -0.2) is 17.4 Å². The second-order valence-electron chi connectivity index (χ2n) is 6.86. The maximum Gasteiger partial charge on any atom is 0.416 e. The van der Waals surface area contributed by atoms with Gasteiger partial charge < -0.3 is 0 Å². The molecule has 0 unspecified atom stereocenters. The monoisotopic (exact) mass is 474 g/mol. The number of halogens is 3. The third-order valence-electron chi connectivity index (χ3n) is 4.78. The van der Waals surface area contributed by atoms with E-state index in [1.54, 1.807) is 48.2 Å².